The van der Waals surface area contributed by atoms with Crippen molar-refractivity contribution >= 4 is 30.7 Å². The molecule has 2 fully saturated rings. The molecule has 3 aromatic rings. The van der Waals surface area contributed by atoms with Gasteiger partial charge in [-0.1, -0.05) is 84.0 Å². The molecule has 5 heterocycles. The first-order valence-corrected chi connectivity index (χ1v) is 20.3. The number of aromatic nitrogens is 6. The summed E-state index contributed by atoms with van der Waals surface area (Å²) in [5.74, 6) is -0.0601. The second kappa shape index (κ2) is 18.7. The number of H-pyrrole nitrogens is 1. The van der Waals surface area contributed by atoms with Crippen LogP contribution in [0.4, 0.5) is 5.82 Å². The van der Waals surface area contributed by atoms with Crippen LogP contribution in [0.3, 0.4) is 0 Å². The molecule has 0 bridgehead atoms. The summed E-state index contributed by atoms with van der Waals surface area (Å²) in [6, 6.07) is 1.52. The Kier molecular flexibility index (Phi) is 14.3. The molecule has 2 aliphatic heterocycles. The van der Waals surface area contributed by atoms with Gasteiger partial charge in [-0.3, -0.25) is 23.3 Å². The van der Waals surface area contributed by atoms with E-state index in [2.05, 4.69) is 32.2 Å². The molecule has 3 aromatic heterocycles. The lowest BCUT2D eigenvalue weighted by molar-refractivity contribution is -0.251. The van der Waals surface area contributed by atoms with E-state index in [1.165, 1.54) is 101 Å². The molecule has 1 amide bonds. The number of imidazole rings is 1. The molecule has 2 saturated heterocycles. The van der Waals surface area contributed by atoms with Gasteiger partial charge in [0.1, 0.15) is 23.9 Å². The summed E-state index contributed by atoms with van der Waals surface area (Å²) in [5.41, 5.74) is -2.29. The van der Waals surface area contributed by atoms with Crippen LogP contribution < -0.4 is 21.5 Å². The summed E-state index contributed by atoms with van der Waals surface area (Å²) in [5, 5.41) is 2.71. The van der Waals surface area contributed by atoms with Crippen LogP contribution in [0.5, 0.6) is 0 Å². The van der Waals surface area contributed by atoms with Gasteiger partial charge >= 0.3 is 5.69 Å². The van der Waals surface area contributed by atoms with Crippen LogP contribution in [0.25, 0.3) is 11.2 Å². The third-order valence-corrected chi connectivity index (χ3v) is 10.8. The average molecular weight is 747 g/mol. The molecule has 288 valence electrons. The SMILES string of the molecule is CCCCCCCCCCCCCCCC(=O)Nc1ccn([C@H]2CC[C@@H](C(C)(OP(=O)([O-])O)[C@@H]3CC[C@H](n4cnc5c(=O)[nH]cnc54)O3)O2)c(=O)n1. The third kappa shape index (κ3) is 10.7. The second-order valence-corrected chi connectivity index (χ2v) is 15.3. The van der Waals surface area contributed by atoms with Gasteiger partial charge in [-0.2, -0.15) is 4.98 Å². The summed E-state index contributed by atoms with van der Waals surface area (Å²) in [6.07, 6.45) is 18.5. The number of ether oxygens (including phenoxy) is 2. The van der Waals surface area contributed by atoms with Gasteiger partial charge in [0.05, 0.1) is 24.9 Å². The van der Waals surface area contributed by atoms with E-state index in [1.807, 2.05) is 0 Å². The first kappa shape index (κ1) is 39.9. The molecule has 17 heteroatoms. The summed E-state index contributed by atoms with van der Waals surface area (Å²) in [6.45, 7) is 3.73. The fourth-order valence-corrected chi connectivity index (χ4v) is 8.08. The average Bonchev–Trinajstić information content (AvgIpc) is 3.87. The van der Waals surface area contributed by atoms with E-state index in [-0.39, 0.29) is 23.7 Å². The van der Waals surface area contributed by atoms with Gasteiger partial charge in [-0.05, 0) is 45.1 Å². The Balaban J connectivity index is 1.09. The third-order valence-electron chi connectivity index (χ3n) is 10.2. The number of nitrogens with zero attached hydrogens (tertiary/aromatic N) is 5. The predicted octanol–water partition coefficient (Wildman–Crippen LogP) is 5.39. The number of rotatable bonds is 21. The normalized spacial score (nSPS) is 22.8. The Labute approximate surface area is 303 Å². The van der Waals surface area contributed by atoms with E-state index in [0.717, 1.165) is 19.3 Å². The van der Waals surface area contributed by atoms with Gasteiger partial charge in [0.15, 0.2) is 11.2 Å². The van der Waals surface area contributed by atoms with Crippen LogP contribution in [-0.2, 0) is 23.4 Å². The minimum Gasteiger partial charge on any atom is -0.756 e. The van der Waals surface area contributed by atoms with Crippen LogP contribution in [0.2, 0.25) is 0 Å². The van der Waals surface area contributed by atoms with E-state index in [1.54, 1.807) is 4.57 Å². The second-order valence-electron chi connectivity index (χ2n) is 14.2. The molecule has 3 N–H and O–H groups in total. The zero-order valence-corrected chi connectivity index (χ0v) is 31.1. The molecular formula is C35H53N7O9P-. The standard InChI is InChI=1S/C35H54N7O9P/c1-3-4-5-6-7-8-9-10-11-12-13-14-15-16-28(43)39-27-21-22-41(34(45)40-27)29-19-17-25(49-29)35(2,51-52(46,47)48)26-18-20-30(50-26)42-24-38-31-32(42)36-23-37-33(31)44/h21-26,29-30H,3-20H2,1-2H3,(H,36,37,44)(H2,46,47,48)(H,39,40,43,45)/p-1/t25-,26-,29+,30+,35?/m0/s1. The molecule has 0 aromatic carbocycles. The summed E-state index contributed by atoms with van der Waals surface area (Å²) >= 11 is 0. The number of carbonyl (C=O) groups is 1. The molecular weight excluding hydrogens is 693 g/mol. The number of anilines is 1. The van der Waals surface area contributed by atoms with Crippen molar-refractivity contribution in [2.75, 3.05) is 5.32 Å². The van der Waals surface area contributed by atoms with Gasteiger partial charge in [-0.15, -0.1) is 0 Å². The molecule has 5 rings (SSSR count). The lowest BCUT2D eigenvalue weighted by Gasteiger charge is -2.41. The van der Waals surface area contributed by atoms with Crippen molar-refractivity contribution in [3.05, 3.63) is 45.8 Å². The molecule has 2 aliphatic rings. The predicted molar refractivity (Wildman–Crippen MR) is 191 cm³/mol. The minimum atomic E-state index is -5.27. The summed E-state index contributed by atoms with van der Waals surface area (Å²) in [4.78, 5) is 74.4. The Morgan fingerprint density at radius 2 is 1.54 bits per heavy atom. The number of aromatic amines is 1. The van der Waals surface area contributed by atoms with Gasteiger partial charge in [0, 0.05) is 12.6 Å². The molecule has 2 unspecified atom stereocenters. The fourth-order valence-electron chi connectivity index (χ4n) is 7.35. The van der Waals surface area contributed by atoms with E-state index >= 15 is 0 Å². The van der Waals surface area contributed by atoms with Crippen molar-refractivity contribution in [1.29, 1.82) is 0 Å². The van der Waals surface area contributed by atoms with Crippen LogP contribution >= 0.6 is 7.82 Å². The monoisotopic (exact) mass is 746 g/mol. The van der Waals surface area contributed by atoms with Crippen molar-refractivity contribution in [3.63, 3.8) is 0 Å². The zero-order chi connectivity index (χ0) is 37.1. The first-order chi connectivity index (χ1) is 25.0. The summed E-state index contributed by atoms with van der Waals surface area (Å²) in [7, 11) is -5.27. The van der Waals surface area contributed by atoms with Crippen molar-refractivity contribution in [2.45, 2.75) is 160 Å². The van der Waals surface area contributed by atoms with Crippen LogP contribution in [-0.4, -0.2) is 57.7 Å². The Bertz CT molecular complexity index is 1770. The highest BCUT2D eigenvalue weighted by molar-refractivity contribution is 7.44. The quantitative estimate of drug-likeness (QED) is 0.0924. The number of phosphoric ester groups is 1. The number of hydrogen-bond donors (Lipinski definition) is 3. The van der Waals surface area contributed by atoms with Gasteiger partial charge in [0.25, 0.3) is 13.4 Å². The first-order valence-electron chi connectivity index (χ1n) is 18.8. The number of hydrogen-bond acceptors (Lipinski definition) is 11. The van der Waals surface area contributed by atoms with Crippen LogP contribution in [0, 0.1) is 0 Å². The minimum absolute atomic E-state index is 0.134. The summed E-state index contributed by atoms with van der Waals surface area (Å²) < 4.78 is 32.7. The lowest BCUT2D eigenvalue weighted by atomic mass is 9.89. The highest BCUT2D eigenvalue weighted by Gasteiger charge is 2.52. The number of nitrogens with one attached hydrogen (secondary N) is 2. The van der Waals surface area contributed by atoms with Crippen LogP contribution in [0.15, 0.2) is 34.5 Å². The molecule has 52 heavy (non-hydrogen) atoms. The largest absolute Gasteiger partial charge is 0.756 e. The molecule has 16 nitrogen and oxygen atoms in total. The molecule has 0 spiro atoms. The highest BCUT2D eigenvalue weighted by atomic mass is 31.2. The Morgan fingerprint density at radius 1 is 0.962 bits per heavy atom. The molecule has 0 aliphatic carbocycles. The van der Waals surface area contributed by atoms with E-state index in [4.69, 9.17) is 14.0 Å². The van der Waals surface area contributed by atoms with Crippen molar-refractivity contribution in [1.82, 2.24) is 29.1 Å². The maximum Gasteiger partial charge on any atom is 0.351 e. The zero-order valence-electron chi connectivity index (χ0n) is 30.2. The Hall–Kier alpha value is -3.27. The van der Waals surface area contributed by atoms with Crippen molar-refractivity contribution in [3.8, 4) is 0 Å². The number of fused-ring (bicyclic) bond motifs is 1. The number of amides is 1. The van der Waals surface area contributed by atoms with E-state index < -0.39 is 49.3 Å². The van der Waals surface area contributed by atoms with Crippen molar-refractivity contribution in [2.24, 2.45) is 0 Å². The molecule has 0 saturated carbocycles. The molecule has 6 atom stereocenters. The maximum atomic E-state index is 13.0. The number of carbonyl (C=O) groups excluding carboxylic acids is 1. The maximum absolute atomic E-state index is 13.0. The fraction of sp³-hybridized carbons (Fsp3) is 0.714. The number of phosphoric acid groups is 1. The van der Waals surface area contributed by atoms with Gasteiger partial charge in [-0.25, -0.2) is 14.8 Å². The number of unbranched alkanes of at least 4 members (excludes halogenated alkanes) is 12. The smallest absolute Gasteiger partial charge is 0.351 e. The van der Waals surface area contributed by atoms with Crippen LogP contribution in [0.1, 0.15) is 142 Å². The van der Waals surface area contributed by atoms with Gasteiger partial charge in [0.2, 0.25) is 5.91 Å². The topological polar surface area (TPSA) is 216 Å². The molecule has 0 radical (unpaired) electrons. The van der Waals surface area contributed by atoms with Crippen molar-refractivity contribution < 1.29 is 33.1 Å². The van der Waals surface area contributed by atoms with Gasteiger partial charge < -0.3 is 34.1 Å². The Morgan fingerprint density at radius 3 is 2.12 bits per heavy atom. The lowest BCUT2D eigenvalue weighted by Crippen LogP contribution is -2.51. The van der Waals surface area contributed by atoms with E-state index in [9.17, 15) is 28.7 Å². The highest BCUT2D eigenvalue weighted by Crippen LogP contribution is 2.49. The van der Waals surface area contributed by atoms with E-state index in [0.29, 0.717) is 31.3 Å².